The molecule has 0 radical (unpaired) electrons. The van der Waals surface area contributed by atoms with E-state index in [2.05, 4.69) is 9.44 Å². The van der Waals surface area contributed by atoms with Crippen LogP contribution < -0.4 is 9.44 Å². The molecule has 158 valence electrons. The van der Waals surface area contributed by atoms with Crippen LogP contribution in [-0.2, 0) is 20.0 Å². The molecule has 0 atom stereocenters. The van der Waals surface area contributed by atoms with Gasteiger partial charge in [0.15, 0.2) is 0 Å². The second-order valence-corrected chi connectivity index (χ2v) is 10.7. The molecule has 3 aromatic carbocycles. The minimum Gasteiger partial charge on any atom is -0.278 e. The first kappa shape index (κ1) is 22.4. The third kappa shape index (κ3) is 4.89. The molecule has 0 spiro atoms. The summed E-state index contributed by atoms with van der Waals surface area (Å²) in [6.45, 7) is 3.69. The molecule has 0 aliphatic rings. The van der Waals surface area contributed by atoms with Gasteiger partial charge in [0.25, 0.3) is 20.0 Å². The second-order valence-electron chi connectivity index (χ2n) is 6.63. The van der Waals surface area contributed by atoms with Crippen LogP contribution in [0.3, 0.4) is 0 Å². The summed E-state index contributed by atoms with van der Waals surface area (Å²) in [7, 11) is -7.79. The molecular formula is C20H18Cl2N2O4S2. The topological polar surface area (TPSA) is 92.3 Å². The van der Waals surface area contributed by atoms with Gasteiger partial charge in [0, 0.05) is 0 Å². The summed E-state index contributed by atoms with van der Waals surface area (Å²) in [6, 6.07) is 15.2. The second kappa shape index (κ2) is 8.47. The van der Waals surface area contributed by atoms with Crippen molar-refractivity contribution in [2.75, 3.05) is 9.44 Å². The number of anilines is 2. The molecule has 0 amide bonds. The van der Waals surface area contributed by atoms with Crippen LogP contribution >= 0.6 is 23.2 Å². The summed E-state index contributed by atoms with van der Waals surface area (Å²) in [5.74, 6) is 0. The fraction of sp³-hybridized carbons (Fsp3) is 0.100. The average molecular weight is 485 g/mol. The third-order valence-corrected chi connectivity index (χ3v) is 7.88. The quantitative estimate of drug-likeness (QED) is 0.501. The van der Waals surface area contributed by atoms with Crippen molar-refractivity contribution in [1.29, 1.82) is 0 Å². The first-order valence-corrected chi connectivity index (χ1v) is 12.4. The summed E-state index contributed by atoms with van der Waals surface area (Å²) < 4.78 is 55.1. The molecule has 0 aromatic heterocycles. The molecule has 10 heteroatoms. The Hall–Kier alpha value is -2.26. The van der Waals surface area contributed by atoms with E-state index in [1.54, 1.807) is 24.3 Å². The van der Waals surface area contributed by atoms with Gasteiger partial charge < -0.3 is 0 Å². The van der Waals surface area contributed by atoms with Gasteiger partial charge in [-0.1, -0.05) is 58.6 Å². The predicted octanol–water partition coefficient (Wildman–Crippen LogP) is 5.21. The van der Waals surface area contributed by atoms with E-state index in [4.69, 9.17) is 23.2 Å². The van der Waals surface area contributed by atoms with Crippen molar-refractivity contribution in [3.05, 3.63) is 81.8 Å². The van der Waals surface area contributed by atoms with Crippen LogP contribution in [-0.4, -0.2) is 16.8 Å². The average Bonchev–Trinajstić information content (AvgIpc) is 2.68. The normalized spacial score (nSPS) is 11.9. The molecule has 0 heterocycles. The van der Waals surface area contributed by atoms with E-state index in [9.17, 15) is 16.8 Å². The minimum absolute atomic E-state index is 0.0283. The van der Waals surface area contributed by atoms with Gasteiger partial charge in [-0.25, -0.2) is 16.8 Å². The zero-order chi connectivity index (χ0) is 22.1. The maximum atomic E-state index is 12.6. The van der Waals surface area contributed by atoms with Crippen molar-refractivity contribution in [3.63, 3.8) is 0 Å². The van der Waals surface area contributed by atoms with Crippen molar-refractivity contribution >= 4 is 54.6 Å². The monoisotopic (exact) mass is 484 g/mol. The fourth-order valence-corrected chi connectivity index (χ4v) is 5.23. The lowest BCUT2D eigenvalue weighted by molar-refractivity contribution is 0.599. The standard InChI is InChI=1S/C20H18Cl2N2O4S2/c1-13-3-7-15(8-4-13)29(25,26)23-17-11-12-18(20(22)19(17)21)24-30(27,28)16-9-5-14(2)6-10-16/h3-12,23-24H,1-2H3. The number of hydrogen-bond acceptors (Lipinski definition) is 4. The number of nitrogens with one attached hydrogen (secondary N) is 2. The zero-order valence-corrected chi connectivity index (χ0v) is 19.1. The Balaban J connectivity index is 1.88. The highest BCUT2D eigenvalue weighted by Gasteiger charge is 2.21. The van der Waals surface area contributed by atoms with Gasteiger partial charge in [0.2, 0.25) is 0 Å². The maximum absolute atomic E-state index is 12.6. The minimum atomic E-state index is -3.90. The van der Waals surface area contributed by atoms with Crippen LogP contribution in [0.15, 0.2) is 70.5 Å². The van der Waals surface area contributed by atoms with E-state index in [1.807, 2.05) is 13.8 Å². The highest BCUT2D eigenvalue weighted by molar-refractivity contribution is 7.93. The Morgan fingerprint density at radius 3 is 1.17 bits per heavy atom. The van der Waals surface area contributed by atoms with E-state index in [0.717, 1.165) is 11.1 Å². The van der Waals surface area contributed by atoms with Gasteiger partial charge in [-0.15, -0.1) is 0 Å². The molecule has 0 aliphatic heterocycles. The Kier molecular flexibility index (Phi) is 6.33. The lowest BCUT2D eigenvalue weighted by Crippen LogP contribution is -2.15. The number of sulfonamides is 2. The van der Waals surface area contributed by atoms with E-state index in [-0.39, 0.29) is 31.2 Å². The van der Waals surface area contributed by atoms with Crippen molar-refractivity contribution in [3.8, 4) is 0 Å². The fourth-order valence-electron chi connectivity index (χ4n) is 2.55. The van der Waals surface area contributed by atoms with Gasteiger partial charge in [0.1, 0.15) is 0 Å². The lowest BCUT2D eigenvalue weighted by Gasteiger charge is -2.14. The number of halogens is 2. The van der Waals surface area contributed by atoms with Crippen molar-refractivity contribution in [2.45, 2.75) is 23.6 Å². The first-order valence-electron chi connectivity index (χ1n) is 8.66. The number of rotatable bonds is 6. The molecule has 0 unspecified atom stereocenters. The number of hydrogen-bond donors (Lipinski definition) is 2. The summed E-state index contributed by atoms with van der Waals surface area (Å²) >= 11 is 12.4. The molecule has 2 N–H and O–H groups in total. The first-order chi connectivity index (χ1) is 14.0. The highest BCUT2D eigenvalue weighted by atomic mass is 35.5. The molecule has 0 aliphatic carbocycles. The molecule has 0 fully saturated rings. The Bertz CT molecular complexity index is 1190. The van der Waals surface area contributed by atoms with Crippen LogP contribution in [0.1, 0.15) is 11.1 Å². The van der Waals surface area contributed by atoms with Crippen molar-refractivity contribution in [2.24, 2.45) is 0 Å². The molecule has 0 saturated carbocycles. The summed E-state index contributed by atoms with van der Waals surface area (Å²) in [6.07, 6.45) is 0. The third-order valence-electron chi connectivity index (χ3n) is 4.23. The Morgan fingerprint density at radius 2 is 0.867 bits per heavy atom. The summed E-state index contributed by atoms with van der Waals surface area (Å²) in [4.78, 5) is 0.119. The molecule has 6 nitrogen and oxygen atoms in total. The van der Waals surface area contributed by atoms with E-state index >= 15 is 0 Å². The van der Waals surface area contributed by atoms with Crippen LogP contribution in [0.25, 0.3) is 0 Å². The molecule has 3 rings (SSSR count). The highest BCUT2D eigenvalue weighted by Crippen LogP contribution is 2.38. The Morgan fingerprint density at radius 1 is 0.567 bits per heavy atom. The predicted molar refractivity (Wildman–Crippen MR) is 120 cm³/mol. The van der Waals surface area contributed by atoms with Crippen molar-refractivity contribution in [1.82, 2.24) is 0 Å². The molecule has 3 aromatic rings. The van der Waals surface area contributed by atoms with Crippen LogP contribution in [0, 0.1) is 13.8 Å². The van der Waals surface area contributed by atoms with Crippen LogP contribution in [0.2, 0.25) is 10.0 Å². The van der Waals surface area contributed by atoms with Gasteiger partial charge in [-0.3, -0.25) is 9.44 Å². The number of aryl methyl sites for hydroxylation is 2. The van der Waals surface area contributed by atoms with E-state index in [0.29, 0.717) is 0 Å². The zero-order valence-electron chi connectivity index (χ0n) is 16.0. The Labute approximate surface area is 186 Å². The lowest BCUT2D eigenvalue weighted by atomic mass is 10.2. The largest absolute Gasteiger partial charge is 0.278 e. The van der Waals surface area contributed by atoms with Gasteiger partial charge in [-0.05, 0) is 50.2 Å². The molecular weight excluding hydrogens is 467 g/mol. The SMILES string of the molecule is Cc1ccc(S(=O)(=O)Nc2ccc(NS(=O)(=O)c3ccc(C)cc3)c(Cl)c2Cl)cc1. The van der Waals surface area contributed by atoms with Crippen molar-refractivity contribution < 1.29 is 16.8 Å². The smallest absolute Gasteiger partial charge is 0.261 e. The van der Waals surface area contributed by atoms with Gasteiger partial charge in [0.05, 0.1) is 31.2 Å². The van der Waals surface area contributed by atoms with Crippen LogP contribution in [0.4, 0.5) is 11.4 Å². The van der Waals surface area contributed by atoms with Crippen LogP contribution in [0.5, 0.6) is 0 Å². The number of benzene rings is 3. The maximum Gasteiger partial charge on any atom is 0.261 e. The summed E-state index contributed by atoms with van der Waals surface area (Å²) in [5, 5.41) is -0.257. The summed E-state index contributed by atoms with van der Waals surface area (Å²) in [5.41, 5.74) is 1.89. The van der Waals surface area contributed by atoms with E-state index in [1.165, 1.54) is 36.4 Å². The molecule has 0 bridgehead atoms. The van der Waals surface area contributed by atoms with Gasteiger partial charge in [-0.2, -0.15) is 0 Å². The molecule has 0 saturated heterocycles. The molecule has 30 heavy (non-hydrogen) atoms. The van der Waals surface area contributed by atoms with Gasteiger partial charge >= 0.3 is 0 Å². The van der Waals surface area contributed by atoms with E-state index < -0.39 is 20.0 Å².